The smallest absolute Gasteiger partial charge is 0.120 e. The second kappa shape index (κ2) is 6.10. The molecule has 2 aromatic rings. The maximum absolute atomic E-state index is 9.62. The zero-order valence-electron chi connectivity index (χ0n) is 9.66. The van der Waals surface area contributed by atoms with Crippen LogP contribution in [0.3, 0.4) is 0 Å². The van der Waals surface area contributed by atoms with Crippen molar-refractivity contribution in [1.82, 2.24) is 5.32 Å². The highest BCUT2D eigenvalue weighted by Gasteiger charge is 2.05. The van der Waals surface area contributed by atoms with Crippen molar-refractivity contribution >= 4 is 23.2 Å². The Morgan fingerprint density at radius 2 is 1.56 bits per heavy atom. The lowest BCUT2D eigenvalue weighted by Gasteiger charge is -2.09. The number of halogens is 2. The summed E-state index contributed by atoms with van der Waals surface area (Å²) in [5.41, 5.74) is 1.72. The van der Waals surface area contributed by atoms with Crippen molar-refractivity contribution in [3.05, 3.63) is 63.6 Å². The molecule has 18 heavy (non-hydrogen) atoms. The van der Waals surface area contributed by atoms with Crippen LogP contribution in [0.2, 0.25) is 10.0 Å². The van der Waals surface area contributed by atoms with Gasteiger partial charge in [-0.05, 0) is 18.2 Å². The molecule has 0 radical (unpaired) electrons. The molecule has 0 spiro atoms. The molecular formula is C14H13Cl2NO. The number of aromatic hydroxyl groups is 1. The van der Waals surface area contributed by atoms with Gasteiger partial charge in [0.1, 0.15) is 5.75 Å². The molecule has 0 aliphatic rings. The summed E-state index contributed by atoms with van der Waals surface area (Å²) in [6, 6.07) is 12.7. The summed E-state index contributed by atoms with van der Waals surface area (Å²) in [6.45, 7) is 1.13. The molecule has 0 bridgehead atoms. The van der Waals surface area contributed by atoms with Crippen molar-refractivity contribution in [2.45, 2.75) is 13.1 Å². The second-order valence-corrected chi connectivity index (χ2v) is 4.75. The Morgan fingerprint density at radius 1 is 0.889 bits per heavy atom. The van der Waals surface area contributed by atoms with Crippen LogP contribution in [-0.4, -0.2) is 5.11 Å². The summed E-state index contributed by atoms with van der Waals surface area (Å²) in [5.74, 6) is 0.287. The van der Waals surface area contributed by atoms with Gasteiger partial charge in [-0.3, -0.25) is 0 Å². The van der Waals surface area contributed by atoms with Crippen LogP contribution in [0.15, 0.2) is 42.5 Å². The van der Waals surface area contributed by atoms with E-state index in [0.717, 1.165) is 11.1 Å². The van der Waals surface area contributed by atoms with Crippen molar-refractivity contribution in [2.24, 2.45) is 0 Å². The third kappa shape index (κ3) is 3.16. The lowest BCUT2D eigenvalue weighted by molar-refractivity contribution is 0.464. The van der Waals surface area contributed by atoms with Gasteiger partial charge in [0.15, 0.2) is 0 Å². The molecule has 0 fully saturated rings. The quantitative estimate of drug-likeness (QED) is 0.888. The summed E-state index contributed by atoms with van der Waals surface area (Å²) in [4.78, 5) is 0. The van der Waals surface area contributed by atoms with Gasteiger partial charge >= 0.3 is 0 Å². The number of rotatable bonds is 4. The summed E-state index contributed by atoms with van der Waals surface area (Å²) in [7, 11) is 0. The van der Waals surface area contributed by atoms with Crippen LogP contribution in [0.5, 0.6) is 5.75 Å². The van der Waals surface area contributed by atoms with Gasteiger partial charge in [0.05, 0.1) is 0 Å². The third-order valence-corrected chi connectivity index (χ3v) is 3.38. The molecule has 2 N–H and O–H groups in total. The molecule has 0 unspecified atom stereocenters. The predicted octanol–water partition coefficient (Wildman–Crippen LogP) is 3.99. The zero-order chi connectivity index (χ0) is 13.0. The first-order chi connectivity index (χ1) is 8.68. The Labute approximate surface area is 116 Å². The van der Waals surface area contributed by atoms with Crippen molar-refractivity contribution < 1.29 is 5.11 Å². The van der Waals surface area contributed by atoms with Gasteiger partial charge in [-0.2, -0.15) is 0 Å². The van der Waals surface area contributed by atoms with Gasteiger partial charge in [-0.15, -0.1) is 0 Å². The minimum atomic E-state index is 0.287. The fourth-order valence-corrected chi connectivity index (χ4v) is 2.21. The van der Waals surface area contributed by atoms with Crippen LogP contribution < -0.4 is 5.32 Å². The van der Waals surface area contributed by atoms with Crippen molar-refractivity contribution in [1.29, 1.82) is 0 Å². The average molecular weight is 282 g/mol. The number of nitrogens with one attached hydrogen (secondary N) is 1. The van der Waals surface area contributed by atoms with Gasteiger partial charge in [0, 0.05) is 34.3 Å². The molecule has 4 heteroatoms. The minimum Gasteiger partial charge on any atom is -0.508 e. The first-order valence-corrected chi connectivity index (χ1v) is 6.34. The SMILES string of the molecule is Oc1ccccc1CNCc1c(Cl)cccc1Cl. The van der Waals surface area contributed by atoms with Crippen LogP contribution >= 0.6 is 23.2 Å². The molecule has 0 aromatic heterocycles. The third-order valence-electron chi connectivity index (χ3n) is 2.67. The average Bonchev–Trinajstić information content (AvgIpc) is 2.35. The Bertz CT molecular complexity index is 523. The summed E-state index contributed by atoms with van der Waals surface area (Å²) < 4.78 is 0. The van der Waals surface area contributed by atoms with E-state index in [2.05, 4.69) is 5.32 Å². The van der Waals surface area contributed by atoms with Crippen LogP contribution in [0.25, 0.3) is 0 Å². The van der Waals surface area contributed by atoms with E-state index in [1.54, 1.807) is 12.1 Å². The minimum absolute atomic E-state index is 0.287. The fourth-order valence-electron chi connectivity index (χ4n) is 1.68. The molecule has 0 aliphatic carbocycles. The molecule has 94 valence electrons. The highest BCUT2D eigenvalue weighted by Crippen LogP contribution is 2.24. The number of benzene rings is 2. The molecule has 0 atom stereocenters. The number of phenolic OH excluding ortho intramolecular Hbond substituents is 1. The molecule has 0 amide bonds. The Morgan fingerprint density at radius 3 is 2.22 bits per heavy atom. The van der Waals surface area contributed by atoms with E-state index in [1.807, 2.05) is 30.3 Å². The van der Waals surface area contributed by atoms with Crippen molar-refractivity contribution in [2.75, 3.05) is 0 Å². The van der Waals surface area contributed by atoms with E-state index >= 15 is 0 Å². The standard InChI is InChI=1S/C14H13Cl2NO/c15-12-5-3-6-13(16)11(12)9-17-8-10-4-1-2-7-14(10)18/h1-7,17-18H,8-9H2. The van der Waals surface area contributed by atoms with Gasteiger partial charge in [-0.1, -0.05) is 47.5 Å². The van der Waals surface area contributed by atoms with E-state index in [-0.39, 0.29) is 5.75 Å². The number of hydrogen-bond donors (Lipinski definition) is 2. The summed E-state index contributed by atoms with van der Waals surface area (Å²) in [6.07, 6.45) is 0. The highest BCUT2D eigenvalue weighted by atomic mass is 35.5. The molecule has 0 aliphatic heterocycles. The molecule has 2 aromatic carbocycles. The van der Waals surface area contributed by atoms with E-state index in [4.69, 9.17) is 23.2 Å². The van der Waals surface area contributed by atoms with Crippen molar-refractivity contribution in [3.63, 3.8) is 0 Å². The van der Waals surface area contributed by atoms with E-state index in [0.29, 0.717) is 23.1 Å². The Kier molecular flexibility index (Phi) is 4.48. The van der Waals surface area contributed by atoms with Crippen LogP contribution in [0.4, 0.5) is 0 Å². The number of phenols is 1. The van der Waals surface area contributed by atoms with E-state index < -0.39 is 0 Å². The van der Waals surface area contributed by atoms with Gasteiger partial charge < -0.3 is 10.4 Å². The Balaban J connectivity index is 1.99. The summed E-state index contributed by atoms with van der Waals surface area (Å²) in [5, 5.41) is 14.1. The molecule has 2 nitrogen and oxygen atoms in total. The van der Waals surface area contributed by atoms with Crippen LogP contribution in [0.1, 0.15) is 11.1 Å². The molecule has 0 saturated heterocycles. The molecule has 2 rings (SSSR count). The second-order valence-electron chi connectivity index (χ2n) is 3.93. The lowest BCUT2D eigenvalue weighted by atomic mass is 10.2. The lowest BCUT2D eigenvalue weighted by Crippen LogP contribution is -2.13. The first-order valence-electron chi connectivity index (χ1n) is 5.59. The largest absolute Gasteiger partial charge is 0.508 e. The number of hydrogen-bond acceptors (Lipinski definition) is 2. The Hall–Kier alpha value is -1.22. The van der Waals surface area contributed by atoms with E-state index in [9.17, 15) is 5.11 Å². The van der Waals surface area contributed by atoms with Crippen LogP contribution in [-0.2, 0) is 13.1 Å². The normalized spacial score (nSPS) is 10.6. The fraction of sp³-hybridized carbons (Fsp3) is 0.143. The monoisotopic (exact) mass is 281 g/mol. The zero-order valence-corrected chi connectivity index (χ0v) is 11.2. The maximum Gasteiger partial charge on any atom is 0.120 e. The maximum atomic E-state index is 9.62. The first kappa shape index (κ1) is 13.2. The highest BCUT2D eigenvalue weighted by molar-refractivity contribution is 6.35. The van der Waals surface area contributed by atoms with Gasteiger partial charge in [-0.25, -0.2) is 0 Å². The molecule has 0 saturated carbocycles. The van der Waals surface area contributed by atoms with E-state index in [1.165, 1.54) is 0 Å². The summed E-state index contributed by atoms with van der Waals surface area (Å²) >= 11 is 12.1. The number of para-hydroxylation sites is 1. The van der Waals surface area contributed by atoms with Crippen LogP contribution in [0, 0.1) is 0 Å². The van der Waals surface area contributed by atoms with Crippen molar-refractivity contribution in [3.8, 4) is 5.75 Å². The van der Waals surface area contributed by atoms with Gasteiger partial charge in [0.25, 0.3) is 0 Å². The molecular weight excluding hydrogens is 269 g/mol. The molecule has 0 heterocycles. The topological polar surface area (TPSA) is 32.3 Å². The van der Waals surface area contributed by atoms with Gasteiger partial charge in [0.2, 0.25) is 0 Å². The predicted molar refractivity (Wildman–Crippen MR) is 75.1 cm³/mol.